The van der Waals surface area contributed by atoms with Crippen LogP contribution in [0, 0.1) is 0 Å². The summed E-state index contributed by atoms with van der Waals surface area (Å²) in [5, 5.41) is 8.99. The molecule has 16 heavy (non-hydrogen) atoms. The highest BCUT2D eigenvalue weighted by Gasteiger charge is 2.33. The number of alkyl halides is 3. The molecule has 6 heteroatoms. The molecule has 0 radical (unpaired) electrons. The van der Waals surface area contributed by atoms with Crippen LogP contribution in [-0.2, 0) is 24.1 Å². The molecule has 0 spiro atoms. The van der Waals surface area contributed by atoms with Gasteiger partial charge in [0.15, 0.2) is 0 Å². The first kappa shape index (κ1) is 13.5. The fourth-order valence-corrected chi connectivity index (χ4v) is 1.93. The van der Waals surface area contributed by atoms with E-state index in [2.05, 4.69) is 15.9 Å². The molecular formula is C10H10BrF3O2. The minimum absolute atomic E-state index is 0.0516. The summed E-state index contributed by atoms with van der Waals surface area (Å²) >= 11 is 2.86. The second-order valence-electron chi connectivity index (χ2n) is 3.19. The van der Waals surface area contributed by atoms with Gasteiger partial charge in [-0.1, -0.05) is 15.9 Å². The molecule has 0 aliphatic heterocycles. The van der Waals surface area contributed by atoms with Gasteiger partial charge in [0.1, 0.15) is 0 Å². The molecule has 1 rings (SSSR count). The van der Waals surface area contributed by atoms with Crippen LogP contribution in [0.15, 0.2) is 16.6 Å². The Balaban J connectivity index is 3.26. The molecule has 2 nitrogen and oxygen atoms in total. The van der Waals surface area contributed by atoms with Gasteiger partial charge in [0.05, 0.1) is 18.8 Å². The number of ether oxygens (including phenoxy) is 1. The standard InChI is InChI=1S/C10H10BrF3O2/c1-16-5-7-3-9(11)8(10(12,13)14)2-6(7)4-15/h2-3,15H,4-5H2,1H3. The lowest BCUT2D eigenvalue weighted by molar-refractivity contribution is -0.138. The summed E-state index contributed by atoms with van der Waals surface area (Å²) in [7, 11) is 1.44. The molecule has 0 fully saturated rings. The molecule has 0 saturated carbocycles. The van der Waals surface area contributed by atoms with Crippen molar-refractivity contribution >= 4 is 15.9 Å². The highest BCUT2D eigenvalue weighted by Crippen LogP contribution is 2.36. The highest BCUT2D eigenvalue weighted by atomic mass is 79.9. The van der Waals surface area contributed by atoms with Gasteiger partial charge in [0, 0.05) is 11.6 Å². The summed E-state index contributed by atoms with van der Waals surface area (Å²) in [6, 6.07) is 2.25. The van der Waals surface area contributed by atoms with Crippen LogP contribution in [0.3, 0.4) is 0 Å². The van der Waals surface area contributed by atoms with Crippen LogP contribution >= 0.6 is 15.9 Å². The molecule has 0 amide bonds. The molecule has 0 aliphatic carbocycles. The predicted octanol–water partition coefficient (Wildman–Crippen LogP) is 3.11. The van der Waals surface area contributed by atoms with Crippen molar-refractivity contribution in [2.75, 3.05) is 7.11 Å². The maximum Gasteiger partial charge on any atom is 0.417 e. The van der Waals surface area contributed by atoms with Crippen molar-refractivity contribution in [2.24, 2.45) is 0 Å². The Labute approximate surface area is 99.2 Å². The van der Waals surface area contributed by atoms with E-state index in [0.29, 0.717) is 5.56 Å². The van der Waals surface area contributed by atoms with E-state index < -0.39 is 18.3 Å². The average molecular weight is 299 g/mol. The molecule has 0 aliphatic rings. The van der Waals surface area contributed by atoms with Crippen LogP contribution in [-0.4, -0.2) is 12.2 Å². The Morgan fingerprint density at radius 3 is 2.38 bits per heavy atom. The lowest BCUT2D eigenvalue weighted by Crippen LogP contribution is -2.09. The number of hydrogen-bond donors (Lipinski definition) is 1. The Kier molecular flexibility index (Phi) is 4.35. The number of rotatable bonds is 3. The van der Waals surface area contributed by atoms with Gasteiger partial charge in [0.2, 0.25) is 0 Å². The largest absolute Gasteiger partial charge is 0.417 e. The number of methoxy groups -OCH3 is 1. The lowest BCUT2D eigenvalue weighted by Gasteiger charge is -2.14. The van der Waals surface area contributed by atoms with E-state index in [4.69, 9.17) is 9.84 Å². The monoisotopic (exact) mass is 298 g/mol. The van der Waals surface area contributed by atoms with Gasteiger partial charge in [-0.15, -0.1) is 0 Å². The fourth-order valence-electron chi connectivity index (χ4n) is 1.31. The fraction of sp³-hybridized carbons (Fsp3) is 0.400. The quantitative estimate of drug-likeness (QED) is 0.929. The summed E-state index contributed by atoms with van der Waals surface area (Å²) in [5.74, 6) is 0. The predicted molar refractivity (Wildman–Crippen MR) is 55.8 cm³/mol. The zero-order valence-corrected chi connectivity index (χ0v) is 10.0. The number of halogens is 4. The van der Waals surface area contributed by atoms with Gasteiger partial charge < -0.3 is 9.84 Å². The van der Waals surface area contributed by atoms with Crippen molar-refractivity contribution in [3.05, 3.63) is 33.3 Å². The summed E-state index contributed by atoms with van der Waals surface area (Å²) in [5.41, 5.74) is -0.0429. The van der Waals surface area contributed by atoms with Gasteiger partial charge in [-0.05, 0) is 23.3 Å². The van der Waals surface area contributed by atoms with Gasteiger partial charge in [0.25, 0.3) is 0 Å². The number of benzene rings is 1. The van der Waals surface area contributed by atoms with Crippen LogP contribution in [0.1, 0.15) is 16.7 Å². The van der Waals surface area contributed by atoms with E-state index in [-0.39, 0.29) is 16.6 Å². The first-order valence-electron chi connectivity index (χ1n) is 4.38. The van der Waals surface area contributed by atoms with Crippen molar-refractivity contribution in [1.29, 1.82) is 0 Å². The first-order chi connectivity index (χ1) is 7.40. The molecular weight excluding hydrogens is 289 g/mol. The third kappa shape index (κ3) is 2.96. The van der Waals surface area contributed by atoms with E-state index in [0.717, 1.165) is 6.07 Å². The molecule has 0 bridgehead atoms. The Morgan fingerprint density at radius 1 is 1.31 bits per heavy atom. The van der Waals surface area contributed by atoms with Gasteiger partial charge in [-0.3, -0.25) is 0 Å². The maximum absolute atomic E-state index is 12.5. The summed E-state index contributed by atoms with van der Waals surface area (Å²) < 4.78 is 42.4. The van der Waals surface area contributed by atoms with E-state index in [1.165, 1.54) is 13.2 Å². The summed E-state index contributed by atoms with van der Waals surface area (Å²) in [6.07, 6.45) is -4.44. The normalized spacial score (nSPS) is 11.9. The third-order valence-corrected chi connectivity index (χ3v) is 2.72. The van der Waals surface area contributed by atoms with E-state index in [9.17, 15) is 13.2 Å². The second kappa shape index (κ2) is 5.16. The molecule has 0 atom stereocenters. The molecule has 0 saturated heterocycles. The van der Waals surface area contributed by atoms with Crippen LogP contribution in [0.4, 0.5) is 13.2 Å². The van der Waals surface area contributed by atoms with Gasteiger partial charge in [-0.2, -0.15) is 13.2 Å². The maximum atomic E-state index is 12.5. The number of aliphatic hydroxyl groups is 1. The van der Waals surface area contributed by atoms with Crippen molar-refractivity contribution in [2.45, 2.75) is 19.4 Å². The number of hydrogen-bond acceptors (Lipinski definition) is 2. The minimum atomic E-state index is -4.44. The zero-order chi connectivity index (χ0) is 12.3. The highest BCUT2D eigenvalue weighted by molar-refractivity contribution is 9.10. The van der Waals surface area contributed by atoms with Crippen molar-refractivity contribution in [1.82, 2.24) is 0 Å². The van der Waals surface area contributed by atoms with Crippen LogP contribution in [0.5, 0.6) is 0 Å². The summed E-state index contributed by atoms with van der Waals surface area (Å²) in [6.45, 7) is -0.290. The molecule has 90 valence electrons. The molecule has 1 aromatic rings. The molecule has 0 unspecified atom stereocenters. The molecule has 1 N–H and O–H groups in total. The van der Waals surface area contributed by atoms with E-state index >= 15 is 0 Å². The Bertz CT molecular complexity index is 377. The van der Waals surface area contributed by atoms with Crippen molar-refractivity contribution < 1.29 is 23.0 Å². The second-order valence-corrected chi connectivity index (χ2v) is 4.04. The minimum Gasteiger partial charge on any atom is -0.392 e. The Morgan fingerprint density at radius 2 is 1.94 bits per heavy atom. The topological polar surface area (TPSA) is 29.5 Å². The van der Waals surface area contributed by atoms with Gasteiger partial charge >= 0.3 is 6.18 Å². The lowest BCUT2D eigenvalue weighted by atomic mass is 10.0. The van der Waals surface area contributed by atoms with Crippen LogP contribution < -0.4 is 0 Å². The average Bonchev–Trinajstić information content (AvgIpc) is 2.16. The molecule has 0 aromatic heterocycles. The van der Waals surface area contributed by atoms with Gasteiger partial charge in [-0.25, -0.2) is 0 Å². The van der Waals surface area contributed by atoms with Crippen LogP contribution in [0.25, 0.3) is 0 Å². The van der Waals surface area contributed by atoms with Crippen LogP contribution in [0.2, 0.25) is 0 Å². The number of aliphatic hydroxyl groups excluding tert-OH is 1. The van der Waals surface area contributed by atoms with E-state index in [1.807, 2.05) is 0 Å². The van der Waals surface area contributed by atoms with Crippen molar-refractivity contribution in [3.8, 4) is 0 Å². The molecule has 1 aromatic carbocycles. The first-order valence-corrected chi connectivity index (χ1v) is 5.17. The SMILES string of the molecule is COCc1cc(Br)c(C(F)(F)F)cc1CO. The zero-order valence-electron chi connectivity index (χ0n) is 8.44. The summed E-state index contributed by atoms with van der Waals surface area (Å²) in [4.78, 5) is 0. The molecule has 0 heterocycles. The third-order valence-electron chi connectivity index (χ3n) is 2.06. The van der Waals surface area contributed by atoms with Crippen molar-refractivity contribution in [3.63, 3.8) is 0 Å². The Hall–Kier alpha value is -0.590. The smallest absolute Gasteiger partial charge is 0.392 e. The van der Waals surface area contributed by atoms with E-state index in [1.54, 1.807) is 0 Å².